The van der Waals surface area contributed by atoms with E-state index in [1.165, 1.54) is 12.8 Å². The standard InChI is InChI=1S/C16H13NO2/c18-15-9-14(17-11-6-7-11)13-8-5-10-3-1-2-4-12(10)16(13)19-15/h1-5,8-9,11,17H,6-7H2. The highest BCUT2D eigenvalue weighted by Gasteiger charge is 2.22. The zero-order valence-electron chi connectivity index (χ0n) is 10.3. The van der Waals surface area contributed by atoms with Gasteiger partial charge in [-0.2, -0.15) is 0 Å². The SMILES string of the molecule is O=c1cc(NC2CC2)c2ccc3ccccc3c2o1. The topological polar surface area (TPSA) is 42.2 Å². The summed E-state index contributed by atoms with van der Waals surface area (Å²) in [4.78, 5) is 11.7. The Kier molecular flexibility index (Phi) is 2.15. The number of benzene rings is 2. The summed E-state index contributed by atoms with van der Waals surface area (Å²) in [7, 11) is 0. The minimum absolute atomic E-state index is 0.299. The number of nitrogens with one attached hydrogen (secondary N) is 1. The van der Waals surface area contributed by atoms with Crippen molar-refractivity contribution in [2.75, 3.05) is 5.32 Å². The molecule has 0 aliphatic heterocycles. The second-order valence-electron chi connectivity index (χ2n) is 5.06. The maximum absolute atomic E-state index is 11.7. The molecule has 0 atom stereocenters. The lowest BCUT2D eigenvalue weighted by molar-refractivity contribution is 0.564. The van der Waals surface area contributed by atoms with Crippen LogP contribution in [0.5, 0.6) is 0 Å². The number of rotatable bonds is 2. The summed E-state index contributed by atoms with van der Waals surface area (Å²) >= 11 is 0. The van der Waals surface area contributed by atoms with Crippen molar-refractivity contribution in [2.45, 2.75) is 18.9 Å². The Morgan fingerprint density at radius 2 is 1.89 bits per heavy atom. The molecule has 0 saturated heterocycles. The molecule has 94 valence electrons. The average Bonchev–Trinajstić information content (AvgIpc) is 3.22. The van der Waals surface area contributed by atoms with Gasteiger partial charge in [-0.3, -0.25) is 0 Å². The largest absolute Gasteiger partial charge is 0.422 e. The summed E-state index contributed by atoms with van der Waals surface area (Å²) in [5, 5.41) is 6.45. The van der Waals surface area contributed by atoms with Crippen LogP contribution < -0.4 is 10.9 Å². The molecule has 3 heteroatoms. The van der Waals surface area contributed by atoms with Gasteiger partial charge in [-0.15, -0.1) is 0 Å². The summed E-state index contributed by atoms with van der Waals surface area (Å²) < 4.78 is 5.42. The molecule has 4 rings (SSSR count). The Hall–Kier alpha value is -2.29. The second-order valence-corrected chi connectivity index (χ2v) is 5.06. The van der Waals surface area contributed by atoms with Gasteiger partial charge in [0.25, 0.3) is 0 Å². The molecule has 1 saturated carbocycles. The normalized spacial score (nSPS) is 14.9. The fourth-order valence-electron chi connectivity index (χ4n) is 2.46. The van der Waals surface area contributed by atoms with Crippen molar-refractivity contribution in [1.82, 2.24) is 0 Å². The molecule has 0 spiro atoms. The van der Waals surface area contributed by atoms with Crippen LogP contribution in [0.25, 0.3) is 21.7 Å². The van der Waals surface area contributed by atoms with Crippen LogP contribution in [0, 0.1) is 0 Å². The van der Waals surface area contributed by atoms with E-state index in [0.717, 1.165) is 21.8 Å². The summed E-state index contributed by atoms with van der Waals surface area (Å²) in [6.45, 7) is 0. The third-order valence-electron chi connectivity index (χ3n) is 3.57. The summed E-state index contributed by atoms with van der Waals surface area (Å²) in [6, 6.07) is 14.1. The van der Waals surface area contributed by atoms with E-state index in [4.69, 9.17) is 4.42 Å². The van der Waals surface area contributed by atoms with Gasteiger partial charge in [-0.25, -0.2) is 4.79 Å². The van der Waals surface area contributed by atoms with Crippen molar-refractivity contribution < 1.29 is 4.42 Å². The van der Waals surface area contributed by atoms with Crippen LogP contribution in [-0.4, -0.2) is 6.04 Å². The quantitative estimate of drug-likeness (QED) is 0.559. The monoisotopic (exact) mass is 251 g/mol. The van der Waals surface area contributed by atoms with Crippen LogP contribution in [0.3, 0.4) is 0 Å². The predicted octanol–water partition coefficient (Wildman–Crippen LogP) is 3.52. The average molecular weight is 251 g/mol. The van der Waals surface area contributed by atoms with Crippen LogP contribution >= 0.6 is 0 Å². The van der Waals surface area contributed by atoms with Gasteiger partial charge >= 0.3 is 5.63 Å². The molecular weight excluding hydrogens is 238 g/mol. The van der Waals surface area contributed by atoms with Gasteiger partial charge < -0.3 is 9.73 Å². The number of anilines is 1. The third kappa shape index (κ3) is 1.78. The molecule has 0 bridgehead atoms. The lowest BCUT2D eigenvalue weighted by Crippen LogP contribution is -2.06. The molecule has 1 heterocycles. The van der Waals surface area contributed by atoms with Crippen molar-refractivity contribution in [3.05, 3.63) is 52.9 Å². The van der Waals surface area contributed by atoms with Crippen molar-refractivity contribution >= 4 is 27.4 Å². The van der Waals surface area contributed by atoms with E-state index in [2.05, 4.69) is 11.4 Å². The molecule has 1 aliphatic rings. The van der Waals surface area contributed by atoms with Gasteiger partial charge in [0.2, 0.25) is 0 Å². The molecule has 1 N–H and O–H groups in total. The van der Waals surface area contributed by atoms with Crippen molar-refractivity contribution in [3.63, 3.8) is 0 Å². The molecule has 2 aromatic carbocycles. The lowest BCUT2D eigenvalue weighted by atomic mass is 10.1. The maximum Gasteiger partial charge on any atom is 0.338 e. The highest BCUT2D eigenvalue weighted by molar-refractivity contribution is 6.07. The van der Waals surface area contributed by atoms with E-state index in [1.807, 2.05) is 30.3 Å². The predicted molar refractivity (Wildman–Crippen MR) is 76.6 cm³/mol. The van der Waals surface area contributed by atoms with E-state index in [0.29, 0.717) is 11.6 Å². The smallest absolute Gasteiger partial charge is 0.338 e. The Labute approximate surface area is 109 Å². The molecule has 0 radical (unpaired) electrons. The van der Waals surface area contributed by atoms with Gasteiger partial charge in [0.15, 0.2) is 0 Å². The lowest BCUT2D eigenvalue weighted by Gasteiger charge is -2.09. The number of hydrogen-bond donors (Lipinski definition) is 1. The van der Waals surface area contributed by atoms with Gasteiger partial charge in [0.05, 0.1) is 5.69 Å². The summed E-state index contributed by atoms with van der Waals surface area (Å²) in [5.74, 6) is 0. The fourth-order valence-corrected chi connectivity index (χ4v) is 2.46. The highest BCUT2D eigenvalue weighted by Crippen LogP contribution is 2.32. The molecule has 1 aliphatic carbocycles. The van der Waals surface area contributed by atoms with Crippen molar-refractivity contribution in [2.24, 2.45) is 0 Å². The van der Waals surface area contributed by atoms with Crippen LogP contribution in [-0.2, 0) is 0 Å². The van der Waals surface area contributed by atoms with E-state index < -0.39 is 0 Å². The van der Waals surface area contributed by atoms with Gasteiger partial charge in [0.1, 0.15) is 5.58 Å². The second kappa shape index (κ2) is 3.85. The Morgan fingerprint density at radius 3 is 2.74 bits per heavy atom. The zero-order valence-corrected chi connectivity index (χ0v) is 10.3. The number of hydrogen-bond acceptors (Lipinski definition) is 3. The fraction of sp³-hybridized carbons (Fsp3) is 0.188. The molecule has 0 unspecified atom stereocenters. The molecule has 3 nitrogen and oxygen atoms in total. The van der Waals surface area contributed by atoms with Gasteiger partial charge in [-0.05, 0) is 24.3 Å². The van der Waals surface area contributed by atoms with Gasteiger partial charge in [-0.1, -0.05) is 30.3 Å². The van der Waals surface area contributed by atoms with E-state index >= 15 is 0 Å². The Bertz CT molecular complexity index is 831. The first-order valence-electron chi connectivity index (χ1n) is 6.53. The summed E-state index contributed by atoms with van der Waals surface area (Å²) in [6.07, 6.45) is 2.35. The molecule has 1 aromatic heterocycles. The zero-order chi connectivity index (χ0) is 12.8. The molecule has 0 amide bonds. The van der Waals surface area contributed by atoms with E-state index in [1.54, 1.807) is 6.07 Å². The molecule has 1 fully saturated rings. The van der Waals surface area contributed by atoms with Gasteiger partial charge in [0, 0.05) is 22.9 Å². The first kappa shape index (κ1) is 10.6. The third-order valence-corrected chi connectivity index (χ3v) is 3.57. The number of fused-ring (bicyclic) bond motifs is 3. The molecule has 3 aromatic rings. The van der Waals surface area contributed by atoms with Crippen molar-refractivity contribution in [3.8, 4) is 0 Å². The van der Waals surface area contributed by atoms with Crippen LogP contribution in [0.2, 0.25) is 0 Å². The maximum atomic E-state index is 11.7. The molecular formula is C16H13NO2. The van der Waals surface area contributed by atoms with Crippen LogP contribution in [0.4, 0.5) is 5.69 Å². The first-order valence-corrected chi connectivity index (χ1v) is 6.53. The highest BCUT2D eigenvalue weighted by atomic mass is 16.4. The van der Waals surface area contributed by atoms with E-state index in [-0.39, 0.29) is 5.63 Å². The van der Waals surface area contributed by atoms with Crippen molar-refractivity contribution in [1.29, 1.82) is 0 Å². The van der Waals surface area contributed by atoms with E-state index in [9.17, 15) is 4.79 Å². The first-order chi connectivity index (χ1) is 9.31. The van der Waals surface area contributed by atoms with Crippen LogP contribution in [0.15, 0.2) is 51.7 Å². The Balaban J connectivity index is 2.07. The minimum atomic E-state index is -0.299. The summed E-state index contributed by atoms with van der Waals surface area (Å²) in [5.41, 5.74) is 1.26. The molecule has 19 heavy (non-hydrogen) atoms. The van der Waals surface area contributed by atoms with Crippen LogP contribution in [0.1, 0.15) is 12.8 Å². The Morgan fingerprint density at radius 1 is 1.05 bits per heavy atom. The minimum Gasteiger partial charge on any atom is -0.422 e.